The van der Waals surface area contributed by atoms with Crippen LogP contribution in [0.1, 0.15) is 25.3 Å². The van der Waals surface area contributed by atoms with E-state index in [-0.39, 0.29) is 6.61 Å². The summed E-state index contributed by atoms with van der Waals surface area (Å²) in [6.45, 7) is 5.38. The van der Waals surface area contributed by atoms with E-state index in [0.29, 0.717) is 0 Å². The number of nitrogens with zero attached hydrogens (tertiary/aromatic N) is 3. The summed E-state index contributed by atoms with van der Waals surface area (Å²) in [5.74, 6) is 1.80. The lowest BCUT2D eigenvalue weighted by atomic mass is 10.1. The van der Waals surface area contributed by atoms with Gasteiger partial charge in [0.05, 0.1) is 0 Å². The number of thioether (sulfide) groups is 1. The average molecular weight is 291 g/mol. The van der Waals surface area contributed by atoms with Crippen molar-refractivity contribution >= 4 is 11.8 Å². The van der Waals surface area contributed by atoms with Crippen molar-refractivity contribution in [2.24, 2.45) is 0 Å². The molecule has 0 fully saturated rings. The van der Waals surface area contributed by atoms with Crippen molar-refractivity contribution < 1.29 is 5.11 Å². The Balaban J connectivity index is 2.28. The van der Waals surface area contributed by atoms with Crippen LogP contribution < -0.4 is 0 Å². The predicted molar refractivity (Wildman–Crippen MR) is 82.9 cm³/mol. The van der Waals surface area contributed by atoms with Gasteiger partial charge in [0.25, 0.3) is 0 Å². The van der Waals surface area contributed by atoms with Crippen LogP contribution in [-0.2, 0) is 6.54 Å². The fourth-order valence-corrected chi connectivity index (χ4v) is 2.93. The largest absolute Gasteiger partial charge is 0.396 e. The van der Waals surface area contributed by atoms with Gasteiger partial charge < -0.3 is 9.67 Å². The van der Waals surface area contributed by atoms with Crippen molar-refractivity contribution in [3.8, 4) is 11.4 Å². The molecule has 2 rings (SSSR count). The Kier molecular flexibility index (Phi) is 5.61. The zero-order valence-corrected chi connectivity index (χ0v) is 12.9. The van der Waals surface area contributed by atoms with Gasteiger partial charge in [-0.2, -0.15) is 0 Å². The molecule has 0 amide bonds. The maximum absolute atomic E-state index is 8.87. The maximum Gasteiger partial charge on any atom is 0.191 e. The van der Waals surface area contributed by atoms with Gasteiger partial charge in [-0.15, -0.1) is 10.2 Å². The van der Waals surface area contributed by atoms with Crippen molar-refractivity contribution in [3.63, 3.8) is 0 Å². The molecule has 1 N–H and O–H groups in total. The minimum atomic E-state index is 0.222. The molecular formula is C15H21N3OS. The third-order valence-corrected chi connectivity index (χ3v) is 4.03. The van der Waals surface area contributed by atoms with E-state index in [1.165, 1.54) is 5.56 Å². The second kappa shape index (κ2) is 7.45. The van der Waals surface area contributed by atoms with E-state index in [2.05, 4.69) is 46.8 Å². The summed E-state index contributed by atoms with van der Waals surface area (Å²) in [6, 6.07) is 8.35. The molecule has 20 heavy (non-hydrogen) atoms. The number of hydrogen-bond acceptors (Lipinski definition) is 4. The molecule has 0 aliphatic rings. The fraction of sp³-hybridized carbons (Fsp3) is 0.467. The molecule has 5 heteroatoms. The Morgan fingerprint density at radius 1 is 1.30 bits per heavy atom. The second-order valence-corrected chi connectivity index (χ2v) is 5.81. The zero-order valence-electron chi connectivity index (χ0n) is 12.0. The van der Waals surface area contributed by atoms with E-state index in [4.69, 9.17) is 5.11 Å². The van der Waals surface area contributed by atoms with Gasteiger partial charge in [0.2, 0.25) is 0 Å². The molecule has 1 aromatic heterocycles. The van der Waals surface area contributed by atoms with Gasteiger partial charge in [0, 0.05) is 24.5 Å². The Hall–Kier alpha value is -1.33. The number of aryl methyl sites for hydroxylation is 1. The summed E-state index contributed by atoms with van der Waals surface area (Å²) < 4.78 is 2.18. The third kappa shape index (κ3) is 3.61. The molecule has 0 saturated heterocycles. The molecule has 4 nitrogen and oxygen atoms in total. The normalized spacial score (nSPS) is 10.9. The highest BCUT2D eigenvalue weighted by Crippen LogP contribution is 2.25. The van der Waals surface area contributed by atoms with Crippen LogP contribution in [0.4, 0.5) is 0 Å². The van der Waals surface area contributed by atoms with Crippen LogP contribution in [-0.4, -0.2) is 32.2 Å². The van der Waals surface area contributed by atoms with Gasteiger partial charge in [-0.1, -0.05) is 42.4 Å². The first-order chi connectivity index (χ1) is 9.76. The first kappa shape index (κ1) is 15.1. The number of hydrogen-bond donors (Lipinski definition) is 1. The molecular weight excluding hydrogens is 270 g/mol. The standard InChI is InChI=1S/C15H21N3OS/c1-3-8-18-14(13-7-4-6-12(2)11-13)16-17-15(18)20-10-5-9-19/h4,6-7,11,19H,3,5,8-10H2,1-2H3. The van der Waals surface area contributed by atoms with Gasteiger partial charge in [0.15, 0.2) is 11.0 Å². The van der Waals surface area contributed by atoms with Crippen LogP contribution in [0.25, 0.3) is 11.4 Å². The molecule has 1 aromatic carbocycles. The maximum atomic E-state index is 8.87. The minimum Gasteiger partial charge on any atom is -0.396 e. The summed E-state index contributed by atoms with van der Waals surface area (Å²) >= 11 is 1.66. The smallest absolute Gasteiger partial charge is 0.191 e. The summed E-state index contributed by atoms with van der Waals surface area (Å²) in [5.41, 5.74) is 2.34. The van der Waals surface area contributed by atoms with Gasteiger partial charge in [-0.05, 0) is 25.8 Å². The molecule has 0 radical (unpaired) electrons. The lowest BCUT2D eigenvalue weighted by Gasteiger charge is -2.09. The van der Waals surface area contributed by atoms with Crippen LogP contribution in [0.3, 0.4) is 0 Å². The van der Waals surface area contributed by atoms with E-state index >= 15 is 0 Å². The summed E-state index contributed by atoms with van der Waals surface area (Å²) in [6.07, 6.45) is 1.83. The second-order valence-electron chi connectivity index (χ2n) is 4.75. The van der Waals surface area contributed by atoms with Crippen LogP contribution in [0.2, 0.25) is 0 Å². The number of aromatic nitrogens is 3. The quantitative estimate of drug-likeness (QED) is 0.629. The fourth-order valence-electron chi connectivity index (χ4n) is 2.05. The van der Waals surface area contributed by atoms with Crippen molar-refractivity contribution in [1.82, 2.24) is 14.8 Å². The highest BCUT2D eigenvalue weighted by Gasteiger charge is 2.13. The van der Waals surface area contributed by atoms with Crippen molar-refractivity contribution in [2.45, 2.75) is 38.4 Å². The zero-order chi connectivity index (χ0) is 14.4. The molecule has 2 aromatic rings. The Bertz CT molecular complexity index is 554. The molecule has 0 unspecified atom stereocenters. The Morgan fingerprint density at radius 3 is 2.85 bits per heavy atom. The molecule has 1 heterocycles. The number of aliphatic hydroxyl groups excluding tert-OH is 1. The van der Waals surface area contributed by atoms with E-state index in [9.17, 15) is 0 Å². The lowest BCUT2D eigenvalue weighted by molar-refractivity contribution is 0.296. The Morgan fingerprint density at radius 2 is 2.15 bits per heavy atom. The summed E-state index contributed by atoms with van der Waals surface area (Å²) in [4.78, 5) is 0. The molecule has 0 spiro atoms. The van der Waals surface area contributed by atoms with Crippen molar-refractivity contribution in [1.29, 1.82) is 0 Å². The van der Waals surface area contributed by atoms with Gasteiger partial charge >= 0.3 is 0 Å². The molecule has 0 saturated carbocycles. The number of aliphatic hydroxyl groups is 1. The topological polar surface area (TPSA) is 50.9 Å². The van der Waals surface area contributed by atoms with Gasteiger partial charge in [-0.25, -0.2) is 0 Å². The minimum absolute atomic E-state index is 0.222. The van der Waals surface area contributed by atoms with Gasteiger partial charge in [-0.3, -0.25) is 0 Å². The lowest BCUT2D eigenvalue weighted by Crippen LogP contribution is -2.02. The monoisotopic (exact) mass is 291 g/mol. The third-order valence-electron chi connectivity index (χ3n) is 2.97. The van der Waals surface area contributed by atoms with Crippen molar-refractivity contribution in [2.75, 3.05) is 12.4 Å². The van der Waals surface area contributed by atoms with Crippen LogP contribution in [0.15, 0.2) is 29.4 Å². The Labute approximate surface area is 124 Å². The molecule has 0 atom stereocenters. The first-order valence-corrected chi connectivity index (χ1v) is 7.98. The van der Waals surface area contributed by atoms with E-state index in [0.717, 1.165) is 41.7 Å². The summed E-state index contributed by atoms with van der Waals surface area (Å²) in [7, 11) is 0. The van der Waals surface area contributed by atoms with E-state index < -0.39 is 0 Å². The predicted octanol–water partition coefficient (Wildman–Crippen LogP) is 3.14. The molecule has 0 bridgehead atoms. The summed E-state index contributed by atoms with van der Waals surface area (Å²) in [5, 5.41) is 18.5. The van der Waals surface area contributed by atoms with Crippen LogP contribution >= 0.6 is 11.8 Å². The van der Waals surface area contributed by atoms with Crippen molar-refractivity contribution in [3.05, 3.63) is 29.8 Å². The molecule has 0 aliphatic carbocycles. The highest BCUT2D eigenvalue weighted by atomic mass is 32.2. The number of rotatable bonds is 7. The van der Waals surface area contributed by atoms with Crippen LogP contribution in [0.5, 0.6) is 0 Å². The SMILES string of the molecule is CCCn1c(SCCCO)nnc1-c1cccc(C)c1. The number of benzene rings is 1. The van der Waals surface area contributed by atoms with E-state index in [1.807, 2.05) is 6.07 Å². The molecule has 0 aliphatic heterocycles. The van der Waals surface area contributed by atoms with E-state index in [1.54, 1.807) is 11.8 Å². The van der Waals surface area contributed by atoms with Gasteiger partial charge in [0.1, 0.15) is 0 Å². The first-order valence-electron chi connectivity index (χ1n) is 7.00. The highest BCUT2D eigenvalue weighted by molar-refractivity contribution is 7.99. The average Bonchev–Trinajstić information content (AvgIpc) is 2.83. The molecule has 108 valence electrons. The van der Waals surface area contributed by atoms with Crippen LogP contribution in [0, 0.1) is 6.92 Å².